The molecule has 4 nitrogen and oxygen atoms in total. The van der Waals surface area contributed by atoms with Gasteiger partial charge in [0.05, 0.1) is 17.4 Å². The molecular weight excluding hydrogens is 279 g/mol. The average Bonchev–Trinajstić information content (AvgIpc) is 3.04. The first-order valence-electron chi connectivity index (χ1n) is 7.50. The number of hydrogen-bond acceptors (Lipinski definition) is 3. The van der Waals surface area contributed by atoms with Crippen LogP contribution in [0.15, 0.2) is 18.2 Å². The molecule has 1 saturated heterocycles. The van der Waals surface area contributed by atoms with Crippen molar-refractivity contribution in [2.45, 2.75) is 32.7 Å². The van der Waals surface area contributed by atoms with Gasteiger partial charge in [-0.3, -0.25) is 4.68 Å². The van der Waals surface area contributed by atoms with E-state index in [-0.39, 0.29) is 11.6 Å². The predicted molar refractivity (Wildman–Crippen MR) is 83.1 cm³/mol. The van der Waals surface area contributed by atoms with E-state index in [1.807, 2.05) is 30.8 Å². The van der Waals surface area contributed by atoms with Gasteiger partial charge >= 0.3 is 0 Å². The fourth-order valence-corrected chi connectivity index (χ4v) is 3.49. The zero-order valence-electron chi connectivity index (χ0n) is 13.1. The van der Waals surface area contributed by atoms with Gasteiger partial charge in [0.2, 0.25) is 0 Å². The van der Waals surface area contributed by atoms with E-state index in [1.165, 1.54) is 11.6 Å². The minimum absolute atomic E-state index is 0.133. The highest BCUT2D eigenvalue weighted by Crippen LogP contribution is 2.40. The molecular formula is C17H19FN4. The summed E-state index contributed by atoms with van der Waals surface area (Å²) in [4.78, 5) is 2.15. The molecule has 1 aromatic carbocycles. The summed E-state index contributed by atoms with van der Waals surface area (Å²) < 4.78 is 15.8. The summed E-state index contributed by atoms with van der Waals surface area (Å²) in [5, 5.41) is 13.8. The van der Waals surface area contributed by atoms with Crippen LogP contribution in [0.25, 0.3) is 0 Å². The Morgan fingerprint density at radius 2 is 2.14 bits per heavy atom. The molecule has 0 unspecified atom stereocenters. The van der Waals surface area contributed by atoms with Crippen LogP contribution in [0.3, 0.4) is 0 Å². The first kappa shape index (κ1) is 14.6. The van der Waals surface area contributed by atoms with Gasteiger partial charge in [-0.15, -0.1) is 0 Å². The van der Waals surface area contributed by atoms with E-state index in [4.69, 9.17) is 0 Å². The highest BCUT2D eigenvalue weighted by molar-refractivity contribution is 5.62. The maximum atomic E-state index is 13.9. The molecule has 5 heteroatoms. The Kier molecular flexibility index (Phi) is 3.61. The Morgan fingerprint density at radius 3 is 2.77 bits per heavy atom. The van der Waals surface area contributed by atoms with Crippen LogP contribution in [0.4, 0.5) is 10.1 Å². The Morgan fingerprint density at radius 1 is 1.36 bits per heavy atom. The lowest BCUT2D eigenvalue weighted by Crippen LogP contribution is -2.24. The Hall–Kier alpha value is -2.35. The lowest BCUT2D eigenvalue weighted by molar-refractivity contribution is 0.621. The monoisotopic (exact) mass is 298 g/mol. The molecule has 1 aliphatic rings. The summed E-state index contributed by atoms with van der Waals surface area (Å²) in [5.41, 5.74) is 4.16. The number of hydrogen-bond donors (Lipinski definition) is 0. The molecule has 1 aromatic heterocycles. The molecule has 2 aromatic rings. The number of benzene rings is 1. The topological polar surface area (TPSA) is 44.9 Å². The highest BCUT2D eigenvalue weighted by atomic mass is 19.1. The predicted octanol–water partition coefficient (Wildman–Crippen LogP) is 3.39. The smallest absolute Gasteiger partial charge is 0.143 e. The number of aromatic nitrogens is 2. The van der Waals surface area contributed by atoms with Crippen molar-refractivity contribution in [3.05, 3.63) is 46.5 Å². The first-order valence-corrected chi connectivity index (χ1v) is 7.50. The van der Waals surface area contributed by atoms with Crippen LogP contribution in [-0.4, -0.2) is 16.3 Å². The average molecular weight is 298 g/mol. The van der Waals surface area contributed by atoms with Gasteiger partial charge in [-0.25, -0.2) is 4.39 Å². The van der Waals surface area contributed by atoms with E-state index in [9.17, 15) is 9.65 Å². The van der Waals surface area contributed by atoms with Gasteiger partial charge in [0.25, 0.3) is 0 Å². The van der Waals surface area contributed by atoms with E-state index in [0.717, 1.165) is 30.8 Å². The summed E-state index contributed by atoms with van der Waals surface area (Å²) in [7, 11) is 1.94. The van der Waals surface area contributed by atoms with Crippen molar-refractivity contribution in [2.75, 3.05) is 11.4 Å². The number of aryl methyl sites for hydroxylation is 2. The third-order valence-corrected chi connectivity index (χ3v) is 4.56. The fourth-order valence-electron chi connectivity index (χ4n) is 3.49. The van der Waals surface area contributed by atoms with Gasteiger partial charge in [-0.1, -0.05) is 6.07 Å². The van der Waals surface area contributed by atoms with Crippen LogP contribution in [0.1, 0.15) is 41.4 Å². The lowest BCUT2D eigenvalue weighted by Gasteiger charge is -2.28. The fraction of sp³-hybridized carbons (Fsp3) is 0.412. The van der Waals surface area contributed by atoms with Gasteiger partial charge < -0.3 is 4.90 Å². The zero-order chi connectivity index (χ0) is 15.9. The quantitative estimate of drug-likeness (QED) is 0.853. The standard InChI is InChI=1S/C17H19FN4/c1-11-17(12(2)21(3)20-11)16-8-5-9-22(16)15-7-4-6-14(18)13(15)10-19/h4,6-7,16H,5,8-9H2,1-3H3/t16-/m0/s1. The molecule has 1 aliphatic heterocycles. The number of nitriles is 1. The second-order valence-corrected chi connectivity index (χ2v) is 5.81. The second-order valence-electron chi connectivity index (χ2n) is 5.81. The van der Waals surface area contributed by atoms with Crippen LogP contribution < -0.4 is 4.90 Å². The molecule has 0 bridgehead atoms. The van der Waals surface area contributed by atoms with Gasteiger partial charge in [-0.2, -0.15) is 10.4 Å². The van der Waals surface area contributed by atoms with Gasteiger partial charge in [0.1, 0.15) is 17.4 Å². The van der Waals surface area contributed by atoms with Crippen LogP contribution in [0, 0.1) is 31.0 Å². The normalized spacial score (nSPS) is 17.8. The van der Waals surface area contributed by atoms with Gasteiger partial charge in [-0.05, 0) is 38.8 Å². The molecule has 2 heterocycles. The summed E-state index contributed by atoms with van der Waals surface area (Å²) >= 11 is 0. The van der Waals surface area contributed by atoms with Crippen molar-refractivity contribution in [2.24, 2.45) is 7.05 Å². The Balaban J connectivity index is 2.09. The molecule has 0 spiro atoms. The Labute approximate surface area is 129 Å². The minimum Gasteiger partial charge on any atom is -0.363 e. The third kappa shape index (κ3) is 2.16. The zero-order valence-corrected chi connectivity index (χ0v) is 13.1. The van der Waals surface area contributed by atoms with E-state index >= 15 is 0 Å². The summed E-state index contributed by atoms with van der Waals surface area (Å²) in [6, 6.07) is 7.01. The summed E-state index contributed by atoms with van der Waals surface area (Å²) in [6.45, 7) is 4.90. The molecule has 1 atom stereocenters. The lowest BCUT2D eigenvalue weighted by atomic mass is 10.0. The summed E-state index contributed by atoms with van der Waals surface area (Å²) in [5.74, 6) is -0.453. The SMILES string of the molecule is Cc1nn(C)c(C)c1[C@@H]1CCCN1c1cccc(F)c1C#N. The van der Waals surface area contributed by atoms with Crippen molar-refractivity contribution >= 4 is 5.69 Å². The molecule has 0 aliphatic carbocycles. The van der Waals surface area contributed by atoms with E-state index < -0.39 is 5.82 Å². The first-order chi connectivity index (χ1) is 10.5. The number of halogens is 1. The maximum Gasteiger partial charge on any atom is 0.143 e. The minimum atomic E-state index is -0.453. The Bertz CT molecular complexity index is 757. The van der Waals surface area contributed by atoms with E-state index in [2.05, 4.69) is 16.9 Å². The van der Waals surface area contributed by atoms with Crippen molar-refractivity contribution in [3.63, 3.8) is 0 Å². The number of nitrogens with zero attached hydrogens (tertiary/aromatic N) is 4. The molecule has 0 amide bonds. The number of anilines is 1. The maximum absolute atomic E-state index is 13.9. The largest absolute Gasteiger partial charge is 0.363 e. The van der Waals surface area contributed by atoms with Crippen molar-refractivity contribution in [3.8, 4) is 6.07 Å². The van der Waals surface area contributed by atoms with Crippen LogP contribution in [0.2, 0.25) is 0 Å². The van der Waals surface area contributed by atoms with Crippen LogP contribution in [-0.2, 0) is 7.05 Å². The molecule has 22 heavy (non-hydrogen) atoms. The van der Waals surface area contributed by atoms with E-state index in [1.54, 1.807) is 6.07 Å². The van der Waals surface area contributed by atoms with Crippen LogP contribution >= 0.6 is 0 Å². The van der Waals surface area contributed by atoms with E-state index in [0.29, 0.717) is 5.69 Å². The molecule has 0 N–H and O–H groups in total. The molecule has 0 saturated carbocycles. The van der Waals surface area contributed by atoms with Crippen molar-refractivity contribution < 1.29 is 4.39 Å². The highest BCUT2D eigenvalue weighted by Gasteiger charge is 2.32. The van der Waals surface area contributed by atoms with Gasteiger partial charge in [0, 0.05) is 24.8 Å². The second kappa shape index (κ2) is 5.45. The van der Waals surface area contributed by atoms with Gasteiger partial charge in [0.15, 0.2) is 0 Å². The molecule has 3 rings (SSSR count). The molecule has 114 valence electrons. The van der Waals surface area contributed by atoms with Crippen molar-refractivity contribution in [1.82, 2.24) is 9.78 Å². The number of rotatable bonds is 2. The van der Waals surface area contributed by atoms with Crippen molar-refractivity contribution in [1.29, 1.82) is 5.26 Å². The van der Waals surface area contributed by atoms with Crippen LogP contribution in [0.5, 0.6) is 0 Å². The molecule has 0 radical (unpaired) electrons. The summed E-state index contributed by atoms with van der Waals surface area (Å²) in [6.07, 6.45) is 2.02. The third-order valence-electron chi connectivity index (χ3n) is 4.56. The molecule has 1 fully saturated rings.